The van der Waals surface area contributed by atoms with E-state index in [4.69, 9.17) is 11.6 Å². The number of rotatable bonds is 5. The van der Waals surface area contributed by atoms with Crippen molar-refractivity contribution >= 4 is 11.6 Å². The van der Waals surface area contributed by atoms with Gasteiger partial charge in [0, 0.05) is 5.38 Å². The van der Waals surface area contributed by atoms with E-state index in [9.17, 15) is 0 Å². The Hall–Kier alpha value is -0.490. The van der Waals surface area contributed by atoms with Gasteiger partial charge in [0.15, 0.2) is 0 Å². The highest BCUT2D eigenvalue weighted by molar-refractivity contribution is 6.20. The first kappa shape index (κ1) is 13.6. The molecular weight excluding hydrogens is 216 g/mol. The Morgan fingerprint density at radius 3 is 2.25 bits per heavy atom. The van der Waals surface area contributed by atoms with E-state index in [-0.39, 0.29) is 0 Å². The molecule has 90 valence electrons. The highest BCUT2D eigenvalue weighted by atomic mass is 35.5. The number of benzene rings is 1. The van der Waals surface area contributed by atoms with E-state index < -0.39 is 0 Å². The molecule has 0 N–H and O–H groups in total. The number of aryl methyl sites for hydroxylation is 4. The molecule has 0 aliphatic rings. The van der Waals surface area contributed by atoms with Gasteiger partial charge in [-0.2, -0.15) is 0 Å². The summed E-state index contributed by atoms with van der Waals surface area (Å²) in [6.07, 6.45) is 4.52. The van der Waals surface area contributed by atoms with Crippen molar-refractivity contribution in [3.05, 3.63) is 34.4 Å². The van der Waals surface area contributed by atoms with Crippen LogP contribution >= 0.6 is 11.6 Å². The van der Waals surface area contributed by atoms with Crippen LogP contribution in [0.1, 0.15) is 48.4 Å². The molecule has 16 heavy (non-hydrogen) atoms. The second-order valence-electron chi connectivity index (χ2n) is 4.79. The molecule has 0 heterocycles. The van der Waals surface area contributed by atoms with E-state index in [1.807, 2.05) is 0 Å². The van der Waals surface area contributed by atoms with Gasteiger partial charge in [0.25, 0.3) is 0 Å². The second-order valence-corrected chi connectivity index (χ2v) is 5.40. The number of alkyl halides is 1. The Balaban J connectivity index is 2.63. The number of hydrogen-bond donors (Lipinski definition) is 0. The smallest absolute Gasteiger partial charge is 0.0339 e. The van der Waals surface area contributed by atoms with Crippen LogP contribution in [0.15, 0.2) is 12.1 Å². The summed E-state index contributed by atoms with van der Waals surface area (Å²) in [7, 11) is 0. The fourth-order valence-corrected chi connectivity index (χ4v) is 2.39. The van der Waals surface area contributed by atoms with Crippen LogP contribution in [0.4, 0.5) is 0 Å². The second kappa shape index (κ2) is 6.30. The van der Waals surface area contributed by atoms with E-state index >= 15 is 0 Å². The molecule has 0 radical (unpaired) electrons. The first-order chi connectivity index (χ1) is 7.54. The normalized spacial score (nSPS) is 12.8. The van der Waals surface area contributed by atoms with E-state index in [1.54, 1.807) is 0 Å². The van der Waals surface area contributed by atoms with Gasteiger partial charge in [0.1, 0.15) is 0 Å². The Morgan fingerprint density at radius 1 is 1.00 bits per heavy atom. The van der Waals surface area contributed by atoms with Crippen molar-refractivity contribution in [2.45, 2.75) is 58.8 Å². The van der Waals surface area contributed by atoms with Gasteiger partial charge in [-0.15, -0.1) is 11.6 Å². The fraction of sp³-hybridized carbons (Fsp3) is 0.600. The molecule has 0 aromatic heterocycles. The Morgan fingerprint density at radius 2 is 1.62 bits per heavy atom. The fourth-order valence-electron chi connectivity index (χ4n) is 2.06. The number of halogens is 1. The molecule has 1 unspecified atom stereocenters. The van der Waals surface area contributed by atoms with Crippen LogP contribution in [-0.2, 0) is 6.42 Å². The van der Waals surface area contributed by atoms with Crippen molar-refractivity contribution in [3.8, 4) is 0 Å². The summed E-state index contributed by atoms with van der Waals surface area (Å²) in [5.74, 6) is 0. The Kier molecular flexibility index (Phi) is 5.34. The Bertz CT molecular complexity index is 342. The van der Waals surface area contributed by atoms with E-state index in [2.05, 4.69) is 39.8 Å². The van der Waals surface area contributed by atoms with Crippen LogP contribution in [0.5, 0.6) is 0 Å². The van der Waals surface area contributed by atoms with Gasteiger partial charge in [-0.05, 0) is 62.3 Å². The molecule has 1 aromatic carbocycles. The quantitative estimate of drug-likeness (QED) is 0.637. The minimum absolute atomic E-state index is 0.339. The minimum Gasteiger partial charge on any atom is -0.123 e. The molecule has 1 heteroatoms. The summed E-state index contributed by atoms with van der Waals surface area (Å²) in [5.41, 5.74) is 5.65. The van der Waals surface area contributed by atoms with Gasteiger partial charge in [0.2, 0.25) is 0 Å². The predicted molar refractivity (Wildman–Crippen MR) is 73.5 cm³/mol. The molecule has 0 nitrogen and oxygen atoms in total. The molecule has 1 aromatic rings. The predicted octanol–water partition coefficient (Wildman–Crippen LogP) is 4.95. The summed E-state index contributed by atoms with van der Waals surface area (Å²) in [4.78, 5) is 0. The molecule has 1 rings (SSSR count). The average Bonchev–Trinajstić information content (AvgIpc) is 2.22. The molecule has 0 spiro atoms. The van der Waals surface area contributed by atoms with Gasteiger partial charge >= 0.3 is 0 Å². The van der Waals surface area contributed by atoms with Crippen LogP contribution in [0.3, 0.4) is 0 Å². The molecular formula is C15H23Cl. The molecule has 0 saturated carbocycles. The molecule has 0 aliphatic carbocycles. The summed E-state index contributed by atoms with van der Waals surface area (Å²) in [6.45, 7) is 8.75. The molecule has 0 saturated heterocycles. The summed E-state index contributed by atoms with van der Waals surface area (Å²) in [6, 6.07) is 4.61. The van der Waals surface area contributed by atoms with E-state index in [0.717, 1.165) is 19.3 Å². The molecule has 0 amide bonds. The van der Waals surface area contributed by atoms with Crippen LogP contribution in [0.2, 0.25) is 0 Å². The third-order valence-electron chi connectivity index (χ3n) is 3.28. The first-order valence-electron chi connectivity index (χ1n) is 6.25. The maximum absolute atomic E-state index is 6.25. The van der Waals surface area contributed by atoms with E-state index in [0.29, 0.717) is 5.38 Å². The zero-order valence-electron chi connectivity index (χ0n) is 10.9. The third-order valence-corrected chi connectivity index (χ3v) is 3.72. The van der Waals surface area contributed by atoms with Crippen molar-refractivity contribution < 1.29 is 0 Å². The van der Waals surface area contributed by atoms with E-state index in [1.165, 1.54) is 28.7 Å². The van der Waals surface area contributed by atoms with Crippen LogP contribution in [-0.4, -0.2) is 5.38 Å². The lowest BCUT2D eigenvalue weighted by Crippen LogP contribution is -2.02. The van der Waals surface area contributed by atoms with Crippen molar-refractivity contribution in [2.75, 3.05) is 0 Å². The largest absolute Gasteiger partial charge is 0.123 e. The molecule has 0 fully saturated rings. The third kappa shape index (κ3) is 3.83. The van der Waals surface area contributed by atoms with Crippen molar-refractivity contribution in [1.29, 1.82) is 0 Å². The topological polar surface area (TPSA) is 0 Å². The summed E-state index contributed by atoms with van der Waals surface area (Å²) in [5, 5.41) is 0.339. The zero-order chi connectivity index (χ0) is 12.1. The van der Waals surface area contributed by atoms with Gasteiger partial charge in [0.05, 0.1) is 0 Å². The summed E-state index contributed by atoms with van der Waals surface area (Å²) >= 11 is 6.25. The van der Waals surface area contributed by atoms with Gasteiger partial charge in [-0.3, -0.25) is 0 Å². The van der Waals surface area contributed by atoms with Gasteiger partial charge < -0.3 is 0 Å². The zero-order valence-corrected chi connectivity index (χ0v) is 11.7. The standard InChI is InChI=1S/C15H23Cl/c1-5-6-15(16)8-7-14-10-12(3)11(2)9-13(14)4/h9-10,15H,5-8H2,1-4H3. The summed E-state index contributed by atoms with van der Waals surface area (Å²) < 4.78 is 0. The van der Waals surface area contributed by atoms with Gasteiger partial charge in [-0.1, -0.05) is 25.5 Å². The lowest BCUT2D eigenvalue weighted by atomic mass is 9.96. The highest BCUT2D eigenvalue weighted by Gasteiger charge is 2.06. The van der Waals surface area contributed by atoms with Crippen LogP contribution < -0.4 is 0 Å². The van der Waals surface area contributed by atoms with Crippen LogP contribution in [0.25, 0.3) is 0 Å². The lowest BCUT2D eigenvalue weighted by molar-refractivity contribution is 0.674. The first-order valence-corrected chi connectivity index (χ1v) is 6.69. The van der Waals surface area contributed by atoms with Gasteiger partial charge in [-0.25, -0.2) is 0 Å². The lowest BCUT2D eigenvalue weighted by Gasteiger charge is -2.12. The molecule has 1 atom stereocenters. The maximum atomic E-state index is 6.25. The maximum Gasteiger partial charge on any atom is 0.0339 e. The molecule has 0 aliphatic heterocycles. The minimum atomic E-state index is 0.339. The highest BCUT2D eigenvalue weighted by Crippen LogP contribution is 2.19. The average molecular weight is 239 g/mol. The Labute approximate surface area is 105 Å². The van der Waals surface area contributed by atoms with Crippen LogP contribution in [0, 0.1) is 20.8 Å². The SMILES string of the molecule is CCCC(Cl)CCc1cc(C)c(C)cc1C. The van der Waals surface area contributed by atoms with Crippen molar-refractivity contribution in [2.24, 2.45) is 0 Å². The monoisotopic (exact) mass is 238 g/mol. The van der Waals surface area contributed by atoms with Crippen molar-refractivity contribution in [3.63, 3.8) is 0 Å². The number of hydrogen-bond acceptors (Lipinski definition) is 0. The van der Waals surface area contributed by atoms with Crippen molar-refractivity contribution in [1.82, 2.24) is 0 Å². The molecule has 0 bridgehead atoms.